The molecule has 1 fully saturated rings. The van der Waals surface area contributed by atoms with Crippen molar-refractivity contribution in [2.45, 2.75) is 6.04 Å². The summed E-state index contributed by atoms with van der Waals surface area (Å²) in [4.78, 5) is 2.33. The summed E-state index contributed by atoms with van der Waals surface area (Å²) in [6, 6.07) is 10.2. The number of hydrogen-bond donors (Lipinski definition) is 1. The Balaban J connectivity index is 2.14. The first-order chi connectivity index (χ1) is 8.35. The van der Waals surface area contributed by atoms with Crippen LogP contribution in [-0.4, -0.2) is 39.4 Å². The fourth-order valence-corrected chi connectivity index (χ4v) is 2.13. The lowest BCUT2D eigenvalue weighted by molar-refractivity contribution is 0.0943. The van der Waals surface area contributed by atoms with E-state index < -0.39 is 0 Å². The van der Waals surface area contributed by atoms with Crippen LogP contribution in [0.5, 0.6) is 0 Å². The van der Waals surface area contributed by atoms with Gasteiger partial charge in [0, 0.05) is 18.8 Å². The van der Waals surface area contributed by atoms with E-state index in [-0.39, 0.29) is 0 Å². The molecule has 4 nitrogen and oxygen atoms in total. The lowest BCUT2D eigenvalue weighted by Gasteiger charge is -2.37. The van der Waals surface area contributed by atoms with Gasteiger partial charge in [0.2, 0.25) is 0 Å². The van der Waals surface area contributed by atoms with E-state index in [0.717, 1.165) is 32.0 Å². The van der Waals surface area contributed by atoms with Gasteiger partial charge in [-0.05, 0) is 31.3 Å². The molecule has 0 saturated carbocycles. The fourth-order valence-electron chi connectivity index (χ4n) is 2.13. The molecule has 0 aromatic heterocycles. The minimum absolute atomic E-state index is 0.363. The summed E-state index contributed by atoms with van der Waals surface area (Å²) in [5, 5.41) is 12.0. The zero-order valence-corrected chi connectivity index (χ0v) is 10.0. The number of rotatable bonds is 3. The molecule has 0 bridgehead atoms. The number of hydrogen-bond acceptors (Lipinski definition) is 4. The number of morpholine rings is 1. The van der Waals surface area contributed by atoms with Crippen LogP contribution in [0.2, 0.25) is 0 Å². The van der Waals surface area contributed by atoms with Gasteiger partial charge in [-0.25, -0.2) is 0 Å². The maximum Gasteiger partial charge on any atom is 0.0991 e. The molecule has 0 radical (unpaired) electrons. The van der Waals surface area contributed by atoms with Gasteiger partial charge in [0.05, 0.1) is 30.9 Å². The van der Waals surface area contributed by atoms with Gasteiger partial charge >= 0.3 is 0 Å². The van der Waals surface area contributed by atoms with Gasteiger partial charge in [0.25, 0.3) is 0 Å². The molecule has 0 amide bonds. The van der Waals surface area contributed by atoms with Gasteiger partial charge < -0.3 is 15.0 Å². The van der Waals surface area contributed by atoms with Crippen molar-refractivity contribution in [3.05, 3.63) is 29.8 Å². The van der Waals surface area contributed by atoms with Crippen molar-refractivity contribution in [3.63, 3.8) is 0 Å². The molecule has 2 rings (SSSR count). The summed E-state index contributed by atoms with van der Waals surface area (Å²) in [6.45, 7) is 3.32. The Morgan fingerprint density at radius 2 is 2.24 bits per heavy atom. The molecule has 4 heteroatoms. The molecule has 0 spiro atoms. The zero-order valence-electron chi connectivity index (χ0n) is 10.0. The molecule has 0 aliphatic carbocycles. The third-order valence-electron chi connectivity index (χ3n) is 3.00. The van der Waals surface area contributed by atoms with Gasteiger partial charge in [-0.2, -0.15) is 5.26 Å². The molecule has 1 aromatic rings. The monoisotopic (exact) mass is 231 g/mol. The van der Waals surface area contributed by atoms with Crippen molar-refractivity contribution >= 4 is 5.69 Å². The Bertz CT molecular complexity index is 394. The average molecular weight is 231 g/mol. The Morgan fingerprint density at radius 1 is 1.47 bits per heavy atom. The third-order valence-corrected chi connectivity index (χ3v) is 3.00. The SMILES string of the molecule is CNCC1COCCN1c1ccc(C#N)cc1. The number of anilines is 1. The minimum atomic E-state index is 0.363. The normalized spacial score (nSPS) is 20.0. The van der Waals surface area contributed by atoms with Crippen LogP contribution in [0.4, 0.5) is 5.69 Å². The average Bonchev–Trinajstić information content (AvgIpc) is 2.40. The zero-order chi connectivity index (χ0) is 12.1. The van der Waals surface area contributed by atoms with Crippen LogP contribution >= 0.6 is 0 Å². The van der Waals surface area contributed by atoms with E-state index in [1.54, 1.807) is 0 Å². The lowest BCUT2D eigenvalue weighted by Crippen LogP contribution is -2.50. The highest BCUT2D eigenvalue weighted by atomic mass is 16.5. The Labute approximate surface area is 102 Å². The molecule has 1 unspecified atom stereocenters. The second kappa shape index (κ2) is 5.67. The summed E-state index contributed by atoms with van der Waals surface area (Å²) >= 11 is 0. The fraction of sp³-hybridized carbons (Fsp3) is 0.462. The van der Waals surface area contributed by atoms with Crippen molar-refractivity contribution in [2.24, 2.45) is 0 Å². The van der Waals surface area contributed by atoms with E-state index in [0.29, 0.717) is 11.6 Å². The highest BCUT2D eigenvalue weighted by molar-refractivity contribution is 5.51. The van der Waals surface area contributed by atoms with Gasteiger partial charge in [-0.1, -0.05) is 0 Å². The van der Waals surface area contributed by atoms with Crippen LogP contribution in [0.1, 0.15) is 5.56 Å². The van der Waals surface area contributed by atoms with Gasteiger partial charge in [0.15, 0.2) is 0 Å². The smallest absolute Gasteiger partial charge is 0.0991 e. The summed E-state index contributed by atoms with van der Waals surface area (Å²) in [5.41, 5.74) is 1.86. The first-order valence-corrected chi connectivity index (χ1v) is 5.84. The first kappa shape index (κ1) is 11.9. The Kier molecular flexibility index (Phi) is 3.97. The summed E-state index contributed by atoms with van der Waals surface area (Å²) in [5.74, 6) is 0. The van der Waals surface area contributed by atoms with Crippen LogP contribution in [0.25, 0.3) is 0 Å². The van der Waals surface area contributed by atoms with Crippen molar-refractivity contribution < 1.29 is 4.74 Å². The predicted octanol–water partition coefficient (Wildman–Crippen LogP) is 0.983. The van der Waals surface area contributed by atoms with Crippen LogP contribution in [0, 0.1) is 11.3 Å². The summed E-state index contributed by atoms with van der Waals surface area (Å²) in [6.07, 6.45) is 0. The van der Waals surface area contributed by atoms with Crippen LogP contribution in [-0.2, 0) is 4.74 Å². The largest absolute Gasteiger partial charge is 0.377 e. The van der Waals surface area contributed by atoms with E-state index in [4.69, 9.17) is 10.00 Å². The maximum absolute atomic E-state index is 8.78. The maximum atomic E-state index is 8.78. The topological polar surface area (TPSA) is 48.3 Å². The Hall–Kier alpha value is -1.57. The summed E-state index contributed by atoms with van der Waals surface area (Å²) in [7, 11) is 1.95. The number of ether oxygens (including phenoxy) is 1. The number of benzene rings is 1. The van der Waals surface area contributed by atoms with E-state index >= 15 is 0 Å². The van der Waals surface area contributed by atoms with Crippen molar-refractivity contribution in [1.82, 2.24) is 5.32 Å². The predicted molar refractivity (Wildman–Crippen MR) is 67.0 cm³/mol. The molecule has 17 heavy (non-hydrogen) atoms. The van der Waals surface area contributed by atoms with Crippen LogP contribution in [0.15, 0.2) is 24.3 Å². The highest BCUT2D eigenvalue weighted by Crippen LogP contribution is 2.19. The standard InChI is InChI=1S/C13H17N3O/c1-15-9-13-10-17-7-6-16(13)12-4-2-11(8-14)3-5-12/h2-5,13,15H,6-7,9-10H2,1H3. The molecule has 1 aromatic carbocycles. The Morgan fingerprint density at radius 3 is 2.88 bits per heavy atom. The lowest BCUT2D eigenvalue weighted by atomic mass is 10.1. The molecule has 1 aliphatic rings. The van der Waals surface area contributed by atoms with Crippen LogP contribution in [0.3, 0.4) is 0 Å². The second-order valence-corrected chi connectivity index (χ2v) is 4.14. The molecular weight excluding hydrogens is 214 g/mol. The van der Waals surface area contributed by atoms with Crippen molar-refractivity contribution in [1.29, 1.82) is 5.26 Å². The third kappa shape index (κ3) is 2.76. The minimum Gasteiger partial charge on any atom is -0.377 e. The molecule has 1 atom stereocenters. The number of nitrogens with zero attached hydrogens (tertiary/aromatic N) is 2. The number of nitrogens with one attached hydrogen (secondary N) is 1. The van der Waals surface area contributed by atoms with E-state index in [1.165, 1.54) is 0 Å². The molecule has 90 valence electrons. The molecular formula is C13H17N3O. The first-order valence-electron chi connectivity index (χ1n) is 5.84. The molecule has 1 aliphatic heterocycles. The van der Waals surface area contributed by atoms with Gasteiger partial charge in [-0.3, -0.25) is 0 Å². The molecule has 1 heterocycles. The van der Waals surface area contributed by atoms with Crippen molar-refractivity contribution in [3.8, 4) is 6.07 Å². The van der Waals surface area contributed by atoms with Crippen LogP contribution < -0.4 is 10.2 Å². The second-order valence-electron chi connectivity index (χ2n) is 4.14. The van der Waals surface area contributed by atoms with E-state index in [2.05, 4.69) is 16.3 Å². The summed E-state index contributed by atoms with van der Waals surface area (Å²) < 4.78 is 5.50. The van der Waals surface area contributed by atoms with Gasteiger partial charge in [0.1, 0.15) is 0 Å². The van der Waals surface area contributed by atoms with E-state index in [9.17, 15) is 0 Å². The van der Waals surface area contributed by atoms with Crippen molar-refractivity contribution in [2.75, 3.05) is 38.3 Å². The van der Waals surface area contributed by atoms with E-state index in [1.807, 2.05) is 31.3 Å². The molecule has 1 saturated heterocycles. The molecule has 1 N–H and O–H groups in total. The highest BCUT2D eigenvalue weighted by Gasteiger charge is 2.22. The quantitative estimate of drug-likeness (QED) is 0.842. The van der Waals surface area contributed by atoms with Gasteiger partial charge in [-0.15, -0.1) is 0 Å². The number of likely N-dealkylation sites (N-methyl/N-ethyl adjacent to an activating group) is 1. The number of nitriles is 1.